The molecule has 0 rings (SSSR count). The van der Waals surface area contributed by atoms with Crippen LogP contribution < -0.4 is 0 Å². The molecule has 0 aliphatic rings. The van der Waals surface area contributed by atoms with Crippen LogP contribution in [0, 0.1) is 0 Å². The molecule has 0 nitrogen and oxygen atoms in total. The van der Waals surface area contributed by atoms with Crippen LogP contribution in [-0.2, 0) is 0 Å². The maximum absolute atomic E-state index is 3.88. The number of rotatable bonds is 0. The Hall–Kier alpha value is 0.300. The molecule has 40 valence electrons. The third kappa shape index (κ3) is 520. The molecule has 0 unspecified atom stereocenters. The SMILES string of the molecule is C.C=P(C)(C)C. The fraction of sp³-hybridized carbons (Fsp3) is 0.800. The average Bonchev–Trinajstić information content (AvgIpc) is 0.722. The van der Waals surface area contributed by atoms with Crippen molar-refractivity contribution in [2.45, 2.75) is 7.43 Å². The summed E-state index contributed by atoms with van der Waals surface area (Å²) in [6.07, 6.45) is 3.88. The molecule has 0 aromatic carbocycles. The molecule has 6 heavy (non-hydrogen) atoms. The summed E-state index contributed by atoms with van der Waals surface area (Å²) < 4.78 is 0. The molecule has 0 aliphatic carbocycles. The molecule has 0 amide bonds. The van der Waals surface area contributed by atoms with Crippen LogP contribution in [0.3, 0.4) is 0 Å². The van der Waals surface area contributed by atoms with Gasteiger partial charge in [-0.05, 0) is 20.0 Å². The van der Waals surface area contributed by atoms with E-state index in [9.17, 15) is 0 Å². The van der Waals surface area contributed by atoms with E-state index in [4.69, 9.17) is 0 Å². The number of hydrogen-bond donors (Lipinski definition) is 0. The maximum atomic E-state index is 3.88. The van der Waals surface area contributed by atoms with Gasteiger partial charge in [0.05, 0.1) is 0 Å². The van der Waals surface area contributed by atoms with Crippen LogP contribution in [0.25, 0.3) is 0 Å². The molecule has 0 N–H and O–H groups in total. The molecule has 0 spiro atoms. The standard InChI is InChI=1S/C4H11P.CH4/c1-5(2,3)4;/h1H2,2-4H3;1H4. The summed E-state index contributed by atoms with van der Waals surface area (Å²) in [4.78, 5) is 0. The molecule has 0 fully saturated rings. The Morgan fingerprint density at radius 1 is 1.17 bits per heavy atom. The first kappa shape index (κ1) is 9.57. The van der Waals surface area contributed by atoms with Crippen LogP contribution in [0.1, 0.15) is 7.43 Å². The smallest absolute Gasteiger partial charge is 0.0456 e. The highest BCUT2D eigenvalue weighted by Gasteiger charge is 1.79. The summed E-state index contributed by atoms with van der Waals surface area (Å²) in [7, 11) is 0. The lowest BCUT2D eigenvalue weighted by Gasteiger charge is -1.96. The summed E-state index contributed by atoms with van der Waals surface area (Å²) >= 11 is 0. The lowest BCUT2D eigenvalue weighted by atomic mass is 11.8. The lowest BCUT2D eigenvalue weighted by Crippen LogP contribution is -1.62. The van der Waals surface area contributed by atoms with Crippen molar-refractivity contribution in [1.82, 2.24) is 0 Å². The fourth-order valence-electron chi connectivity index (χ4n) is 0. The molecule has 1 heteroatoms. The summed E-state index contributed by atoms with van der Waals surface area (Å²) in [5.74, 6) is 0. The Bertz CT molecular complexity index is 50.1. The van der Waals surface area contributed by atoms with E-state index in [2.05, 4.69) is 26.3 Å². The van der Waals surface area contributed by atoms with Crippen molar-refractivity contribution in [3.63, 3.8) is 0 Å². The first-order valence-electron chi connectivity index (χ1n) is 1.66. The average molecular weight is 106 g/mol. The molecule has 0 aromatic heterocycles. The molecule has 0 radical (unpaired) electrons. The van der Waals surface area contributed by atoms with Gasteiger partial charge in [0, 0.05) is 0 Å². The first-order chi connectivity index (χ1) is 2.00. The highest BCUT2D eigenvalue weighted by Crippen LogP contribution is 2.27. The molecular formula is C5H15P. The van der Waals surface area contributed by atoms with Crippen LogP contribution >= 0.6 is 6.89 Å². The minimum absolute atomic E-state index is 0. The molecule has 0 aromatic rings. The van der Waals surface area contributed by atoms with E-state index >= 15 is 0 Å². The summed E-state index contributed by atoms with van der Waals surface area (Å²) in [6, 6.07) is 0. The van der Waals surface area contributed by atoms with Gasteiger partial charge in [-0.2, -0.15) is 0 Å². The predicted molar refractivity (Wildman–Crippen MR) is 38.5 cm³/mol. The van der Waals surface area contributed by atoms with Crippen molar-refractivity contribution in [2.24, 2.45) is 0 Å². The van der Waals surface area contributed by atoms with E-state index in [-0.39, 0.29) is 7.43 Å². The van der Waals surface area contributed by atoms with Gasteiger partial charge < -0.3 is 0 Å². The normalized spacial score (nSPS) is 9.83. The van der Waals surface area contributed by atoms with Gasteiger partial charge in [-0.25, -0.2) is 0 Å². The second-order valence-corrected chi connectivity index (χ2v) is 6.87. The summed E-state index contributed by atoms with van der Waals surface area (Å²) in [6.45, 7) is 5.92. The monoisotopic (exact) mass is 106 g/mol. The third-order valence-corrected chi connectivity index (χ3v) is 0. The van der Waals surface area contributed by atoms with Crippen molar-refractivity contribution in [1.29, 1.82) is 0 Å². The topological polar surface area (TPSA) is 0 Å². The van der Waals surface area contributed by atoms with Gasteiger partial charge in [-0.3, -0.25) is 0 Å². The Morgan fingerprint density at radius 2 is 1.17 bits per heavy atom. The minimum atomic E-state index is -0.639. The Kier molecular flexibility index (Phi) is 3.94. The second-order valence-electron chi connectivity index (χ2n) is 2.29. The van der Waals surface area contributed by atoms with Crippen LogP contribution in [0.2, 0.25) is 0 Å². The van der Waals surface area contributed by atoms with Crippen LogP contribution in [0.5, 0.6) is 0 Å². The molecule has 0 heterocycles. The van der Waals surface area contributed by atoms with Gasteiger partial charge in [-0.1, -0.05) is 7.43 Å². The maximum Gasteiger partial charge on any atom is -0.0456 e. The quantitative estimate of drug-likeness (QED) is 0.414. The van der Waals surface area contributed by atoms with E-state index < -0.39 is 6.89 Å². The molecule has 0 saturated heterocycles. The van der Waals surface area contributed by atoms with Gasteiger partial charge in [0.1, 0.15) is 0 Å². The van der Waals surface area contributed by atoms with Crippen LogP contribution in [0.4, 0.5) is 0 Å². The highest BCUT2D eigenvalue weighted by atomic mass is 31.2. The second kappa shape index (κ2) is 2.47. The molecular weight excluding hydrogens is 91.0 g/mol. The largest absolute Gasteiger partial charge is 0.121 e. The third-order valence-electron chi connectivity index (χ3n) is 0. The molecule has 0 aliphatic heterocycles. The van der Waals surface area contributed by atoms with E-state index in [1.54, 1.807) is 0 Å². The van der Waals surface area contributed by atoms with Gasteiger partial charge in [-0.15, -0.1) is 13.2 Å². The zero-order valence-corrected chi connectivity index (χ0v) is 5.05. The predicted octanol–water partition coefficient (Wildman–Crippen LogP) is 1.96. The lowest BCUT2D eigenvalue weighted by molar-refractivity contribution is 2.11. The molecule has 0 saturated carbocycles. The first-order valence-corrected chi connectivity index (χ1v) is 4.97. The Balaban J connectivity index is 0. The van der Waals surface area contributed by atoms with Gasteiger partial charge in [0.2, 0.25) is 0 Å². The Labute approximate surface area is 41.5 Å². The van der Waals surface area contributed by atoms with Crippen molar-refractivity contribution in [3.8, 4) is 0 Å². The minimum Gasteiger partial charge on any atom is -0.121 e. The van der Waals surface area contributed by atoms with E-state index in [1.165, 1.54) is 0 Å². The highest BCUT2D eigenvalue weighted by molar-refractivity contribution is 7.71. The zero-order chi connectivity index (χ0) is 4.50. The van der Waals surface area contributed by atoms with Crippen molar-refractivity contribution in [2.75, 3.05) is 20.0 Å². The fourth-order valence-corrected chi connectivity index (χ4v) is 0. The van der Waals surface area contributed by atoms with Crippen LogP contribution in [0.15, 0.2) is 0 Å². The van der Waals surface area contributed by atoms with Crippen LogP contribution in [-0.4, -0.2) is 26.3 Å². The van der Waals surface area contributed by atoms with Crippen molar-refractivity contribution in [3.05, 3.63) is 0 Å². The van der Waals surface area contributed by atoms with Gasteiger partial charge in [0.15, 0.2) is 0 Å². The Morgan fingerprint density at radius 3 is 1.17 bits per heavy atom. The van der Waals surface area contributed by atoms with E-state index in [0.29, 0.717) is 0 Å². The summed E-state index contributed by atoms with van der Waals surface area (Å²) in [5, 5.41) is 0. The van der Waals surface area contributed by atoms with Crippen molar-refractivity contribution < 1.29 is 0 Å². The number of hydrogen-bond acceptors (Lipinski definition) is 0. The van der Waals surface area contributed by atoms with Gasteiger partial charge >= 0.3 is 0 Å². The molecule has 0 bridgehead atoms. The van der Waals surface area contributed by atoms with E-state index in [0.717, 1.165) is 0 Å². The zero-order valence-electron chi connectivity index (χ0n) is 4.15. The van der Waals surface area contributed by atoms with Gasteiger partial charge in [0.25, 0.3) is 0 Å². The molecule has 0 atom stereocenters. The van der Waals surface area contributed by atoms with Crippen molar-refractivity contribution >= 4 is 13.2 Å². The summed E-state index contributed by atoms with van der Waals surface area (Å²) in [5.41, 5.74) is 0. The van der Waals surface area contributed by atoms with E-state index in [1.807, 2.05) is 0 Å².